The number of aromatic nitrogens is 3. The number of carbonyl (C=O) groups excluding carboxylic acids is 1. The molecular formula is C21H21N3O4S. The van der Waals surface area contributed by atoms with E-state index in [9.17, 15) is 4.79 Å². The van der Waals surface area contributed by atoms with Gasteiger partial charge in [0.25, 0.3) is 11.1 Å². The van der Waals surface area contributed by atoms with Crippen molar-refractivity contribution in [2.45, 2.75) is 44.7 Å². The van der Waals surface area contributed by atoms with Gasteiger partial charge in [-0.1, -0.05) is 11.8 Å². The van der Waals surface area contributed by atoms with Crippen molar-refractivity contribution in [1.29, 1.82) is 0 Å². The fourth-order valence-corrected chi connectivity index (χ4v) is 4.00. The average Bonchev–Trinajstić information content (AvgIpc) is 3.47. The van der Waals surface area contributed by atoms with Gasteiger partial charge in [0.15, 0.2) is 5.78 Å². The van der Waals surface area contributed by atoms with Crippen LogP contribution in [0.4, 0.5) is 0 Å². The van der Waals surface area contributed by atoms with Gasteiger partial charge < -0.3 is 17.8 Å². The van der Waals surface area contributed by atoms with Gasteiger partial charge in [0.05, 0.1) is 29.9 Å². The van der Waals surface area contributed by atoms with Crippen LogP contribution in [0.1, 0.15) is 40.2 Å². The Balaban J connectivity index is 1.50. The third-order valence-electron chi connectivity index (χ3n) is 4.88. The number of ketones is 1. The quantitative estimate of drug-likeness (QED) is 0.310. The molecule has 150 valence electrons. The molecule has 0 N–H and O–H groups in total. The first-order chi connectivity index (χ1) is 13.9. The van der Waals surface area contributed by atoms with Gasteiger partial charge in [-0.2, -0.15) is 0 Å². The molecule has 0 bridgehead atoms. The summed E-state index contributed by atoms with van der Waals surface area (Å²) in [7, 11) is 0. The predicted octanol–water partition coefficient (Wildman–Crippen LogP) is 5.06. The topological polar surface area (TPSA) is 87.2 Å². The van der Waals surface area contributed by atoms with E-state index in [1.54, 1.807) is 18.6 Å². The number of aryl methyl sites for hydroxylation is 2. The summed E-state index contributed by atoms with van der Waals surface area (Å²) in [6.45, 7) is 8.21. The van der Waals surface area contributed by atoms with Gasteiger partial charge in [0.1, 0.15) is 11.5 Å². The van der Waals surface area contributed by atoms with Crippen LogP contribution in [-0.2, 0) is 6.54 Å². The van der Waals surface area contributed by atoms with Gasteiger partial charge in [-0.15, -0.1) is 10.2 Å². The minimum absolute atomic E-state index is 0.0213. The van der Waals surface area contributed by atoms with Crippen molar-refractivity contribution in [3.8, 4) is 11.5 Å². The Labute approximate surface area is 172 Å². The van der Waals surface area contributed by atoms with Gasteiger partial charge in [-0.05, 0) is 52.0 Å². The predicted molar refractivity (Wildman–Crippen MR) is 108 cm³/mol. The molecule has 0 aliphatic rings. The summed E-state index contributed by atoms with van der Waals surface area (Å²) in [5.74, 6) is 1.96. The monoisotopic (exact) mass is 411 g/mol. The molecule has 4 rings (SSSR count). The van der Waals surface area contributed by atoms with Crippen LogP contribution in [0.3, 0.4) is 0 Å². The zero-order chi connectivity index (χ0) is 20.5. The van der Waals surface area contributed by atoms with Crippen molar-refractivity contribution in [2.24, 2.45) is 0 Å². The molecule has 0 saturated heterocycles. The van der Waals surface area contributed by atoms with E-state index in [2.05, 4.69) is 14.8 Å². The highest BCUT2D eigenvalue weighted by Gasteiger charge is 2.24. The highest BCUT2D eigenvalue weighted by atomic mass is 32.2. The van der Waals surface area contributed by atoms with Crippen molar-refractivity contribution in [3.05, 3.63) is 65.3 Å². The van der Waals surface area contributed by atoms with E-state index in [1.807, 2.05) is 45.9 Å². The molecule has 0 spiro atoms. The highest BCUT2D eigenvalue weighted by molar-refractivity contribution is 8.00. The number of hydrogen-bond donors (Lipinski definition) is 0. The van der Waals surface area contributed by atoms with Crippen molar-refractivity contribution in [1.82, 2.24) is 14.8 Å². The molecule has 0 fully saturated rings. The normalized spacial score (nSPS) is 12.4. The van der Waals surface area contributed by atoms with Gasteiger partial charge in [0, 0.05) is 17.0 Å². The maximum Gasteiger partial charge on any atom is 0.277 e. The molecule has 0 aromatic carbocycles. The van der Waals surface area contributed by atoms with Crippen LogP contribution in [0.25, 0.3) is 11.5 Å². The molecular weight excluding hydrogens is 390 g/mol. The molecule has 4 heterocycles. The number of furan rings is 2. The summed E-state index contributed by atoms with van der Waals surface area (Å²) in [5, 5.41) is 8.10. The lowest BCUT2D eigenvalue weighted by atomic mass is 10.1. The van der Waals surface area contributed by atoms with Gasteiger partial charge in [0.2, 0.25) is 0 Å². The number of nitrogens with zero attached hydrogens (tertiary/aromatic N) is 3. The molecule has 0 aliphatic heterocycles. The summed E-state index contributed by atoms with van der Waals surface area (Å²) < 4.78 is 18.5. The lowest BCUT2D eigenvalue weighted by Crippen LogP contribution is -2.15. The number of hydrogen-bond acceptors (Lipinski definition) is 7. The van der Waals surface area contributed by atoms with Crippen LogP contribution in [0.5, 0.6) is 0 Å². The molecule has 4 aromatic rings. The highest BCUT2D eigenvalue weighted by Crippen LogP contribution is 2.30. The lowest BCUT2D eigenvalue weighted by molar-refractivity contribution is 0.0993. The summed E-state index contributed by atoms with van der Waals surface area (Å²) >= 11 is 1.25. The molecule has 7 nitrogen and oxygen atoms in total. The Bertz CT molecular complexity index is 1140. The molecule has 4 aromatic heterocycles. The largest absolute Gasteiger partial charge is 0.469 e. The van der Waals surface area contributed by atoms with Gasteiger partial charge in [-0.3, -0.25) is 4.79 Å². The summed E-state index contributed by atoms with van der Waals surface area (Å²) in [6, 6.07) is 7.48. The summed E-state index contributed by atoms with van der Waals surface area (Å²) in [6.07, 6.45) is 3.23. The molecule has 1 atom stereocenters. The van der Waals surface area contributed by atoms with Crippen LogP contribution < -0.4 is 0 Å². The third-order valence-corrected chi connectivity index (χ3v) is 5.81. The fourth-order valence-electron chi connectivity index (χ4n) is 3.25. The Morgan fingerprint density at radius 1 is 1.17 bits per heavy atom. The molecule has 0 amide bonds. The van der Waals surface area contributed by atoms with E-state index in [4.69, 9.17) is 13.3 Å². The Kier molecular flexibility index (Phi) is 5.19. The number of rotatable bonds is 7. The van der Waals surface area contributed by atoms with Gasteiger partial charge >= 0.3 is 0 Å². The number of carbonyl (C=O) groups is 1. The molecule has 0 aliphatic carbocycles. The minimum Gasteiger partial charge on any atom is -0.469 e. The van der Waals surface area contributed by atoms with Crippen LogP contribution in [0.15, 0.2) is 55.3 Å². The maximum atomic E-state index is 13.1. The van der Waals surface area contributed by atoms with Crippen molar-refractivity contribution in [2.75, 3.05) is 0 Å². The van der Waals surface area contributed by atoms with E-state index in [1.165, 1.54) is 11.8 Å². The Morgan fingerprint density at radius 2 is 2.00 bits per heavy atom. The second-order valence-corrected chi connectivity index (χ2v) is 8.13. The SMILES string of the molecule is Cc1occc1-c1nnc(S[C@H](C)C(=O)c2cc(C)n(Cc3ccco3)c2C)o1. The van der Waals surface area contributed by atoms with E-state index in [0.717, 1.165) is 22.7 Å². The average molecular weight is 411 g/mol. The van der Waals surface area contributed by atoms with Crippen molar-refractivity contribution >= 4 is 17.5 Å². The molecule has 0 radical (unpaired) electrons. The first kappa shape index (κ1) is 19.3. The van der Waals surface area contributed by atoms with Crippen LogP contribution in [-0.4, -0.2) is 25.8 Å². The molecule has 0 saturated carbocycles. The second-order valence-electron chi connectivity index (χ2n) is 6.84. The van der Waals surface area contributed by atoms with Gasteiger partial charge in [-0.25, -0.2) is 0 Å². The number of thioether (sulfide) groups is 1. The van der Waals surface area contributed by atoms with E-state index in [0.29, 0.717) is 29.0 Å². The molecule has 8 heteroatoms. The molecule has 0 unspecified atom stereocenters. The zero-order valence-electron chi connectivity index (χ0n) is 16.6. The fraction of sp³-hybridized carbons (Fsp3) is 0.286. The first-order valence-corrected chi connectivity index (χ1v) is 10.1. The minimum atomic E-state index is -0.369. The third kappa shape index (κ3) is 3.80. The standard InChI is InChI=1S/C21H21N3O4S/c1-12-10-18(13(2)24(12)11-16-6-5-8-27-16)19(25)15(4)29-21-23-22-20(28-21)17-7-9-26-14(17)3/h5-10,15H,11H2,1-4H3/t15-/m1/s1. The van der Waals surface area contributed by atoms with E-state index in [-0.39, 0.29) is 11.0 Å². The van der Waals surface area contributed by atoms with Crippen LogP contribution in [0.2, 0.25) is 0 Å². The van der Waals surface area contributed by atoms with Crippen LogP contribution >= 0.6 is 11.8 Å². The Morgan fingerprint density at radius 3 is 2.69 bits per heavy atom. The summed E-state index contributed by atoms with van der Waals surface area (Å²) in [5.41, 5.74) is 3.37. The Hall–Kier alpha value is -3.00. The second kappa shape index (κ2) is 7.79. The smallest absolute Gasteiger partial charge is 0.277 e. The lowest BCUT2D eigenvalue weighted by Gasteiger charge is -2.10. The molecule has 29 heavy (non-hydrogen) atoms. The van der Waals surface area contributed by atoms with Crippen molar-refractivity contribution in [3.63, 3.8) is 0 Å². The first-order valence-electron chi connectivity index (χ1n) is 9.22. The maximum absolute atomic E-state index is 13.1. The van der Waals surface area contributed by atoms with Crippen molar-refractivity contribution < 1.29 is 18.0 Å². The van der Waals surface area contributed by atoms with Crippen LogP contribution in [0, 0.1) is 20.8 Å². The van der Waals surface area contributed by atoms with E-state index < -0.39 is 0 Å². The summed E-state index contributed by atoms with van der Waals surface area (Å²) in [4.78, 5) is 13.1. The number of Topliss-reactive ketones (excluding diaryl/α,β-unsaturated/α-hetero) is 1. The zero-order valence-corrected chi connectivity index (χ0v) is 17.4. The van der Waals surface area contributed by atoms with E-state index >= 15 is 0 Å².